The van der Waals surface area contributed by atoms with E-state index in [1.165, 1.54) is 0 Å². The molecule has 1 aliphatic heterocycles. The molecular formula is C28H27N5O. The summed E-state index contributed by atoms with van der Waals surface area (Å²) in [7, 11) is 0. The van der Waals surface area contributed by atoms with Crippen LogP contribution in [-0.2, 0) is 24.4 Å². The van der Waals surface area contributed by atoms with Gasteiger partial charge in [0.15, 0.2) is 0 Å². The van der Waals surface area contributed by atoms with Crippen LogP contribution in [0.15, 0.2) is 79.1 Å². The van der Waals surface area contributed by atoms with Crippen molar-refractivity contribution in [3.8, 4) is 28.5 Å². The zero-order chi connectivity index (χ0) is 23.5. The van der Waals surface area contributed by atoms with E-state index in [2.05, 4.69) is 47.0 Å². The first kappa shape index (κ1) is 22.0. The molecule has 0 amide bonds. The third-order valence-corrected chi connectivity index (χ3v) is 6.46. The van der Waals surface area contributed by atoms with Gasteiger partial charge in [-0.15, -0.1) is 0 Å². The van der Waals surface area contributed by atoms with Crippen LogP contribution in [0.4, 0.5) is 0 Å². The molecule has 5 rings (SSSR count). The Balaban J connectivity index is 1.48. The van der Waals surface area contributed by atoms with Crippen molar-refractivity contribution in [3.63, 3.8) is 0 Å². The van der Waals surface area contributed by atoms with Gasteiger partial charge in [0, 0.05) is 30.1 Å². The van der Waals surface area contributed by atoms with Crippen LogP contribution >= 0.6 is 0 Å². The molecule has 0 aliphatic carbocycles. The van der Waals surface area contributed by atoms with Crippen molar-refractivity contribution in [2.24, 2.45) is 0 Å². The summed E-state index contributed by atoms with van der Waals surface area (Å²) < 4.78 is 8.45. The topological polar surface area (TPSA) is 75.8 Å². The van der Waals surface area contributed by atoms with Crippen LogP contribution < -0.4 is 5.32 Å². The Kier molecular flexibility index (Phi) is 5.97. The van der Waals surface area contributed by atoms with E-state index >= 15 is 0 Å². The van der Waals surface area contributed by atoms with E-state index in [0.29, 0.717) is 25.3 Å². The van der Waals surface area contributed by atoms with Gasteiger partial charge in [-0.2, -0.15) is 10.4 Å². The molecule has 0 saturated heterocycles. The van der Waals surface area contributed by atoms with Crippen LogP contribution in [0.1, 0.15) is 30.7 Å². The fourth-order valence-electron chi connectivity index (χ4n) is 4.45. The third-order valence-electron chi connectivity index (χ3n) is 6.46. The van der Waals surface area contributed by atoms with Gasteiger partial charge in [0.1, 0.15) is 5.69 Å². The van der Waals surface area contributed by atoms with Gasteiger partial charge in [-0.3, -0.25) is 9.67 Å². The van der Waals surface area contributed by atoms with Crippen LogP contribution in [0.2, 0.25) is 0 Å². The second-order valence-electron chi connectivity index (χ2n) is 9.09. The molecule has 6 heteroatoms. The van der Waals surface area contributed by atoms with Gasteiger partial charge in [0.2, 0.25) is 0 Å². The molecule has 1 unspecified atom stereocenters. The highest BCUT2D eigenvalue weighted by Gasteiger charge is 2.35. The summed E-state index contributed by atoms with van der Waals surface area (Å²) in [5.74, 6) is 0. The standard InChI is InChI=1S/C28H27N5O/c1-28(2,34-19-20-7-4-3-5-8-20)25-18-33-24(17-31-25)26(22-11-13-30-14-12-22)27(32-33)23-10-6-9-21(15-23)16-29/h3-15,25,31H,17-19H2,1-2H3. The van der Waals surface area contributed by atoms with E-state index in [4.69, 9.17) is 9.84 Å². The lowest BCUT2D eigenvalue weighted by Gasteiger charge is -2.38. The molecule has 4 aromatic rings. The summed E-state index contributed by atoms with van der Waals surface area (Å²) in [6, 6.07) is 24.2. The maximum absolute atomic E-state index is 9.41. The van der Waals surface area contributed by atoms with Crippen molar-refractivity contribution in [3.05, 3.63) is 95.9 Å². The van der Waals surface area contributed by atoms with Gasteiger partial charge in [0.25, 0.3) is 0 Å². The highest BCUT2D eigenvalue weighted by Crippen LogP contribution is 2.37. The summed E-state index contributed by atoms with van der Waals surface area (Å²) >= 11 is 0. The fraction of sp³-hybridized carbons (Fsp3) is 0.250. The second-order valence-corrected chi connectivity index (χ2v) is 9.09. The van der Waals surface area contributed by atoms with Gasteiger partial charge < -0.3 is 10.1 Å². The lowest BCUT2D eigenvalue weighted by Crippen LogP contribution is -2.53. The third kappa shape index (κ3) is 4.36. The molecule has 34 heavy (non-hydrogen) atoms. The Morgan fingerprint density at radius 1 is 1.06 bits per heavy atom. The highest BCUT2D eigenvalue weighted by atomic mass is 16.5. The SMILES string of the molecule is CC(C)(OCc1ccccc1)C1Cn2nc(-c3cccc(C#N)c3)c(-c3ccncc3)c2CN1. The van der Waals surface area contributed by atoms with Crippen LogP contribution in [0.25, 0.3) is 22.4 Å². The average molecular weight is 450 g/mol. The number of benzene rings is 2. The number of pyridine rings is 1. The average Bonchev–Trinajstić information content (AvgIpc) is 3.28. The first-order chi connectivity index (χ1) is 16.5. The molecule has 0 spiro atoms. The summed E-state index contributed by atoms with van der Waals surface area (Å²) in [5, 5.41) is 18.1. The Hall–Kier alpha value is -3.79. The molecule has 0 saturated carbocycles. The van der Waals surface area contributed by atoms with Crippen molar-refractivity contribution < 1.29 is 4.74 Å². The zero-order valence-electron chi connectivity index (χ0n) is 19.4. The quantitative estimate of drug-likeness (QED) is 0.451. The van der Waals surface area contributed by atoms with E-state index in [1.54, 1.807) is 12.4 Å². The molecular weight excluding hydrogens is 422 g/mol. The maximum atomic E-state index is 9.41. The number of aromatic nitrogens is 3. The molecule has 170 valence electrons. The number of hydrogen-bond donors (Lipinski definition) is 1. The second kappa shape index (κ2) is 9.22. The number of fused-ring (bicyclic) bond motifs is 1. The Morgan fingerprint density at radius 3 is 2.62 bits per heavy atom. The van der Waals surface area contributed by atoms with Gasteiger partial charge >= 0.3 is 0 Å². The predicted octanol–water partition coefficient (Wildman–Crippen LogP) is 4.95. The Bertz CT molecular complexity index is 1320. The lowest BCUT2D eigenvalue weighted by atomic mass is 9.94. The molecule has 0 bridgehead atoms. The van der Waals surface area contributed by atoms with Gasteiger partial charge in [-0.05, 0) is 49.2 Å². The number of nitrogens with zero attached hydrogens (tertiary/aromatic N) is 4. The van der Waals surface area contributed by atoms with Crippen LogP contribution in [0.5, 0.6) is 0 Å². The number of hydrogen-bond acceptors (Lipinski definition) is 5. The Labute approximate surface area is 199 Å². The largest absolute Gasteiger partial charge is 0.369 e. The van der Waals surface area contributed by atoms with Crippen LogP contribution in [0, 0.1) is 11.3 Å². The number of nitrogens with one attached hydrogen (secondary N) is 1. The number of ether oxygens (including phenoxy) is 1. The monoisotopic (exact) mass is 449 g/mol. The smallest absolute Gasteiger partial charge is 0.101 e. The zero-order valence-corrected chi connectivity index (χ0v) is 19.4. The Morgan fingerprint density at radius 2 is 1.85 bits per heavy atom. The van der Waals surface area contributed by atoms with Crippen LogP contribution in [-0.4, -0.2) is 26.4 Å². The summed E-state index contributed by atoms with van der Waals surface area (Å²) in [5.41, 5.74) is 6.46. The molecule has 2 aromatic heterocycles. The minimum Gasteiger partial charge on any atom is -0.369 e. The first-order valence-electron chi connectivity index (χ1n) is 11.5. The van der Waals surface area contributed by atoms with E-state index in [9.17, 15) is 5.26 Å². The van der Waals surface area contributed by atoms with Gasteiger partial charge in [-0.1, -0.05) is 42.5 Å². The van der Waals surface area contributed by atoms with Crippen molar-refractivity contribution >= 4 is 0 Å². The molecule has 1 N–H and O–H groups in total. The molecule has 0 radical (unpaired) electrons. The summed E-state index contributed by atoms with van der Waals surface area (Å²) in [6.45, 7) is 6.18. The normalized spacial score (nSPS) is 15.5. The summed E-state index contributed by atoms with van der Waals surface area (Å²) in [4.78, 5) is 4.18. The van der Waals surface area contributed by atoms with Gasteiger partial charge in [0.05, 0.1) is 42.1 Å². The van der Waals surface area contributed by atoms with E-state index in [-0.39, 0.29) is 6.04 Å². The van der Waals surface area contributed by atoms with Crippen LogP contribution in [0.3, 0.4) is 0 Å². The molecule has 1 aliphatic rings. The fourth-order valence-corrected chi connectivity index (χ4v) is 4.45. The van der Waals surface area contributed by atoms with Crippen molar-refractivity contribution in [1.82, 2.24) is 20.1 Å². The minimum atomic E-state index is -0.392. The lowest BCUT2D eigenvalue weighted by molar-refractivity contribution is -0.0628. The highest BCUT2D eigenvalue weighted by molar-refractivity contribution is 5.83. The van der Waals surface area contributed by atoms with Crippen molar-refractivity contribution in [2.75, 3.05) is 0 Å². The molecule has 0 fully saturated rings. The molecule has 3 heterocycles. The van der Waals surface area contributed by atoms with E-state index in [0.717, 1.165) is 33.6 Å². The minimum absolute atomic E-state index is 0.0900. The van der Waals surface area contributed by atoms with E-state index in [1.807, 2.05) is 54.6 Å². The van der Waals surface area contributed by atoms with Gasteiger partial charge in [-0.25, -0.2) is 0 Å². The molecule has 2 aromatic carbocycles. The number of rotatable bonds is 6. The molecule has 1 atom stereocenters. The van der Waals surface area contributed by atoms with E-state index < -0.39 is 5.60 Å². The van der Waals surface area contributed by atoms with Crippen molar-refractivity contribution in [2.45, 2.75) is 45.2 Å². The predicted molar refractivity (Wildman–Crippen MR) is 132 cm³/mol. The maximum Gasteiger partial charge on any atom is 0.101 e. The van der Waals surface area contributed by atoms with Crippen molar-refractivity contribution in [1.29, 1.82) is 5.26 Å². The summed E-state index contributed by atoms with van der Waals surface area (Å²) in [6.07, 6.45) is 3.60. The first-order valence-corrected chi connectivity index (χ1v) is 11.5. The number of nitriles is 1. The molecule has 6 nitrogen and oxygen atoms in total.